The van der Waals surface area contributed by atoms with E-state index in [1.54, 1.807) is 38.3 Å². The zero-order valence-electron chi connectivity index (χ0n) is 16.4. The molecular formula is C21H26N2O4S. The summed E-state index contributed by atoms with van der Waals surface area (Å²) in [5, 5.41) is 3.05. The van der Waals surface area contributed by atoms with E-state index in [0.717, 1.165) is 35.4 Å². The highest BCUT2D eigenvalue weighted by Gasteiger charge is 2.31. The Kier molecular flexibility index (Phi) is 5.93. The van der Waals surface area contributed by atoms with Gasteiger partial charge in [0.25, 0.3) is 0 Å². The molecule has 0 aromatic heterocycles. The van der Waals surface area contributed by atoms with Gasteiger partial charge in [-0.15, -0.1) is 0 Å². The van der Waals surface area contributed by atoms with Gasteiger partial charge in [-0.25, -0.2) is 8.42 Å². The molecule has 0 radical (unpaired) electrons. The lowest BCUT2D eigenvalue weighted by molar-refractivity contribution is -0.122. The number of rotatable bonds is 6. The fraction of sp³-hybridized carbons (Fsp3) is 0.381. The molecule has 0 saturated heterocycles. The van der Waals surface area contributed by atoms with E-state index >= 15 is 0 Å². The number of hydrogen-bond acceptors (Lipinski definition) is 4. The van der Waals surface area contributed by atoms with Crippen LogP contribution in [-0.4, -0.2) is 33.7 Å². The largest absolute Gasteiger partial charge is 0.497 e. The van der Waals surface area contributed by atoms with Crippen molar-refractivity contribution in [2.24, 2.45) is 0 Å². The van der Waals surface area contributed by atoms with Crippen LogP contribution in [-0.2, 0) is 21.2 Å². The summed E-state index contributed by atoms with van der Waals surface area (Å²) in [6.45, 7) is 1.61. The summed E-state index contributed by atoms with van der Waals surface area (Å²) in [6, 6.07) is 13.7. The van der Waals surface area contributed by atoms with E-state index < -0.39 is 16.1 Å². The second kappa shape index (κ2) is 8.22. The van der Waals surface area contributed by atoms with E-state index in [1.807, 2.05) is 18.2 Å². The summed E-state index contributed by atoms with van der Waals surface area (Å²) in [5.41, 5.74) is 2.78. The number of sulfonamides is 1. The van der Waals surface area contributed by atoms with Crippen molar-refractivity contribution in [3.8, 4) is 5.75 Å². The third-order valence-electron chi connectivity index (χ3n) is 5.10. The van der Waals surface area contributed by atoms with Gasteiger partial charge < -0.3 is 10.1 Å². The van der Waals surface area contributed by atoms with Crippen LogP contribution in [0.15, 0.2) is 48.5 Å². The zero-order chi connectivity index (χ0) is 20.3. The molecule has 0 aliphatic heterocycles. The molecule has 0 heterocycles. The molecule has 150 valence electrons. The van der Waals surface area contributed by atoms with Crippen LogP contribution in [0.2, 0.25) is 0 Å². The van der Waals surface area contributed by atoms with Gasteiger partial charge in [-0.1, -0.05) is 24.3 Å². The summed E-state index contributed by atoms with van der Waals surface area (Å²) < 4.78 is 31.2. The topological polar surface area (TPSA) is 75.7 Å². The average molecular weight is 403 g/mol. The standard InChI is InChI=1S/C21H26N2O4S/c1-15(23(28(3,25)26)17-11-13-18(27-2)14-12-17)21(24)22-20-10-6-8-16-7-4-5-9-19(16)20/h4-5,7,9,11-15,20H,6,8,10H2,1-3H3,(H,22,24)/t15-,20+/m1/s1. The van der Waals surface area contributed by atoms with Gasteiger partial charge in [-0.05, 0) is 61.6 Å². The second-order valence-electron chi connectivity index (χ2n) is 7.09. The van der Waals surface area contributed by atoms with Crippen molar-refractivity contribution in [2.45, 2.75) is 38.3 Å². The molecule has 7 heteroatoms. The molecule has 6 nitrogen and oxygen atoms in total. The van der Waals surface area contributed by atoms with Crippen LogP contribution in [0.3, 0.4) is 0 Å². The maximum atomic E-state index is 13.0. The van der Waals surface area contributed by atoms with Crippen molar-refractivity contribution in [1.29, 1.82) is 0 Å². The van der Waals surface area contributed by atoms with Gasteiger partial charge in [0.2, 0.25) is 15.9 Å². The van der Waals surface area contributed by atoms with Gasteiger partial charge in [0.05, 0.1) is 25.1 Å². The van der Waals surface area contributed by atoms with Gasteiger partial charge >= 0.3 is 0 Å². The Labute approximate surface area is 166 Å². The van der Waals surface area contributed by atoms with Crippen LogP contribution in [0.25, 0.3) is 0 Å². The predicted molar refractivity (Wildman–Crippen MR) is 110 cm³/mol. The first kappa shape index (κ1) is 20.2. The van der Waals surface area contributed by atoms with Gasteiger partial charge in [0.1, 0.15) is 11.8 Å². The second-order valence-corrected chi connectivity index (χ2v) is 8.94. The smallest absolute Gasteiger partial charge is 0.244 e. The summed E-state index contributed by atoms with van der Waals surface area (Å²) in [5.74, 6) is 0.302. The molecule has 0 fully saturated rings. The quantitative estimate of drug-likeness (QED) is 0.806. The monoisotopic (exact) mass is 402 g/mol. The number of methoxy groups -OCH3 is 1. The molecule has 1 amide bonds. The average Bonchev–Trinajstić information content (AvgIpc) is 2.68. The number of nitrogens with zero attached hydrogens (tertiary/aromatic N) is 1. The molecule has 1 aliphatic rings. The highest BCUT2D eigenvalue weighted by atomic mass is 32.2. The highest BCUT2D eigenvalue weighted by Crippen LogP contribution is 2.30. The molecule has 2 atom stereocenters. The van der Waals surface area contributed by atoms with Gasteiger partial charge in [0.15, 0.2) is 0 Å². The molecule has 0 saturated carbocycles. The van der Waals surface area contributed by atoms with E-state index in [2.05, 4.69) is 11.4 Å². The van der Waals surface area contributed by atoms with Crippen LogP contribution in [0.1, 0.15) is 36.9 Å². The SMILES string of the molecule is COc1ccc(N([C@H](C)C(=O)N[C@H]2CCCc3ccccc32)S(C)(=O)=O)cc1. The number of aryl methyl sites for hydroxylation is 1. The minimum atomic E-state index is -3.65. The van der Waals surface area contributed by atoms with Crippen LogP contribution in [0.5, 0.6) is 5.75 Å². The molecular weight excluding hydrogens is 376 g/mol. The highest BCUT2D eigenvalue weighted by molar-refractivity contribution is 7.92. The Balaban J connectivity index is 1.83. The number of benzene rings is 2. The lowest BCUT2D eigenvalue weighted by atomic mass is 9.87. The number of carbonyl (C=O) groups is 1. The number of ether oxygens (including phenoxy) is 1. The molecule has 1 N–H and O–H groups in total. The molecule has 2 aromatic rings. The number of carbonyl (C=O) groups excluding carboxylic acids is 1. The predicted octanol–water partition coefficient (Wildman–Crippen LogP) is 3.04. The van der Waals surface area contributed by atoms with E-state index in [0.29, 0.717) is 11.4 Å². The summed E-state index contributed by atoms with van der Waals surface area (Å²) in [7, 11) is -2.11. The van der Waals surface area contributed by atoms with Crippen LogP contribution in [0.4, 0.5) is 5.69 Å². The number of anilines is 1. The molecule has 3 rings (SSSR count). The fourth-order valence-electron chi connectivity index (χ4n) is 3.73. The Morgan fingerprint density at radius 2 is 1.86 bits per heavy atom. The minimum Gasteiger partial charge on any atom is -0.497 e. The molecule has 0 bridgehead atoms. The Morgan fingerprint density at radius 3 is 2.50 bits per heavy atom. The number of nitrogens with one attached hydrogen (secondary N) is 1. The van der Waals surface area contributed by atoms with Gasteiger partial charge in [0, 0.05) is 0 Å². The number of amides is 1. The number of fused-ring (bicyclic) bond motifs is 1. The lowest BCUT2D eigenvalue weighted by Gasteiger charge is -2.31. The molecule has 1 aliphatic carbocycles. The van der Waals surface area contributed by atoms with E-state index in [9.17, 15) is 13.2 Å². The lowest BCUT2D eigenvalue weighted by Crippen LogP contribution is -2.49. The Hall–Kier alpha value is -2.54. The van der Waals surface area contributed by atoms with Crippen molar-refractivity contribution in [3.05, 3.63) is 59.7 Å². The molecule has 2 aromatic carbocycles. The molecule has 0 spiro atoms. The Morgan fingerprint density at radius 1 is 1.18 bits per heavy atom. The van der Waals surface area contributed by atoms with Crippen molar-refractivity contribution in [3.63, 3.8) is 0 Å². The van der Waals surface area contributed by atoms with Crippen LogP contribution in [0, 0.1) is 0 Å². The minimum absolute atomic E-state index is 0.0998. The maximum Gasteiger partial charge on any atom is 0.244 e. The maximum absolute atomic E-state index is 13.0. The third kappa shape index (κ3) is 4.30. The summed E-state index contributed by atoms with van der Waals surface area (Å²) in [4.78, 5) is 13.0. The van der Waals surface area contributed by atoms with Crippen LogP contribution < -0.4 is 14.4 Å². The first-order valence-corrected chi connectivity index (χ1v) is 11.2. The Bertz CT molecular complexity index is 941. The normalized spacial score (nSPS) is 17.3. The summed E-state index contributed by atoms with van der Waals surface area (Å²) >= 11 is 0. The van der Waals surface area contributed by atoms with Crippen LogP contribution >= 0.6 is 0 Å². The van der Waals surface area contributed by atoms with E-state index in [-0.39, 0.29) is 11.9 Å². The molecule has 0 unspecified atom stereocenters. The van der Waals surface area contributed by atoms with Crippen molar-refractivity contribution in [1.82, 2.24) is 5.32 Å². The van der Waals surface area contributed by atoms with Crippen molar-refractivity contribution in [2.75, 3.05) is 17.7 Å². The molecule has 28 heavy (non-hydrogen) atoms. The third-order valence-corrected chi connectivity index (χ3v) is 6.34. The van der Waals surface area contributed by atoms with Gasteiger partial charge in [-0.2, -0.15) is 0 Å². The number of hydrogen-bond donors (Lipinski definition) is 1. The van der Waals surface area contributed by atoms with E-state index in [1.165, 1.54) is 5.56 Å². The zero-order valence-corrected chi connectivity index (χ0v) is 17.2. The van der Waals surface area contributed by atoms with E-state index in [4.69, 9.17) is 4.74 Å². The first-order chi connectivity index (χ1) is 13.3. The van der Waals surface area contributed by atoms with Crippen molar-refractivity contribution >= 4 is 21.6 Å². The van der Waals surface area contributed by atoms with Crippen molar-refractivity contribution < 1.29 is 17.9 Å². The summed E-state index contributed by atoms with van der Waals surface area (Å²) in [6.07, 6.45) is 3.94. The fourth-order valence-corrected chi connectivity index (χ4v) is 4.91. The van der Waals surface area contributed by atoms with Gasteiger partial charge in [-0.3, -0.25) is 9.10 Å². The first-order valence-electron chi connectivity index (χ1n) is 9.33.